The Morgan fingerprint density at radius 1 is 1.19 bits per heavy atom. The van der Waals surface area contributed by atoms with Crippen LogP contribution in [0.15, 0.2) is 75.0 Å². The van der Waals surface area contributed by atoms with Crippen molar-refractivity contribution in [1.29, 1.82) is 0 Å². The van der Waals surface area contributed by atoms with E-state index in [2.05, 4.69) is 20.9 Å². The highest BCUT2D eigenvalue weighted by molar-refractivity contribution is 9.10. The van der Waals surface area contributed by atoms with Crippen molar-refractivity contribution in [2.24, 2.45) is 4.99 Å². The second kappa shape index (κ2) is 11.6. The molecule has 0 aromatic heterocycles. The standard InChI is InChI=1S/C27H22BrFN2O5S/c1-3-31-25(32)23(37-27(31)30-20-9-5-7-18(14-20)26(33)34)13-17-11-21(28)24(22(12-17)35-2)36-15-16-6-4-8-19(29)10-16/h4-14H,3,15H2,1-2H3,(H,33,34)/b23-13-,30-27?. The molecular weight excluding hydrogens is 563 g/mol. The molecule has 3 aromatic rings. The predicted octanol–water partition coefficient (Wildman–Crippen LogP) is 6.50. The number of carbonyl (C=O) groups is 2. The Morgan fingerprint density at radius 2 is 1.97 bits per heavy atom. The van der Waals surface area contributed by atoms with Crippen molar-refractivity contribution >= 4 is 56.5 Å². The minimum atomic E-state index is -1.05. The Kier molecular flexibility index (Phi) is 8.30. The van der Waals surface area contributed by atoms with Gasteiger partial charge in [0.05, 0.1) is 27.7 Å². The topological polar surface area (TPSA) is 88.4 Å². The van der Waals surface area contributed by atoms with Gasteiger partial charge in [-0.25, -0.2) is 14.2 Å². The Hall–Kier alpha value is -3.63. The van der Waals surface area contributed by atoms with Crippen molar-refractivity contribution in [2.75, 3.05) is 13.7 Å². The third kappa shape index (κ3) is 6.20. The maximum Gasteiger partial charge on any atom is 0.335 e. The summed E-state index contributed by atoms with van der Waals surface area (Å²) in [5, 5.41) is 9.70. The molecule has 3 aromatic carbocycles. The molecule has 1 fully saturated rings. The lowest BCUT2D eigenvalue weighted by Crippen LogP contribution is -2.28. The number of ether oxygens (including phenoxy) is 2. The number of nitrogens with zero attached hydrogens (tertiary/aromatic N) is 2. The Bertz CT molecular complexity index is 1430. The van der Waals surface area contributed by atoms with Crippen LogP contribution in [0.1, 0.15) is 28.4 Å². The first-order valence-electron chi connectivity index (χ1n) is 11.2. The number of hydrogen-bond donors (Lipinski definition) is 1. The molecule has 0 saturated carbocycles. The Balaban J connectivity index is 1.60. The molecule has 1 amide bonds. The molecule has 0 radical (unpaired) electrons. The first-order chi connectivity index (χ1) is 17.8. The quantitative estimate of drug-likeness (QED) is 0.304. The SMILES string of the molecule is CCN1C(=O)/C(=C/c2cc(Br)c(OCc3cccc(F)c3)c(OC)c2)SC1=Nc1cccc(C(=O)O)c1. The lowest BCUT2D eigenvalue weighted by Gasteiger charge is -2.14. The third-order valence-corrected chi connectivity index (χ3v) is 6.94. The summed E-state index contributed by atoms with van der Waals surface area (Å²) in [6, 6.07) is 15.9. The molecule has 1 aliphatic heterocycles. The fourth-order valence-corrected chi connectivity index (χ4v) is 5.22. The number of methoxy groups -OCH3 is 1. The number of rotatable bonds is 8. The molecule has 4 rings (SSSR count). The van der Waals surface area contributed by atoms with E-state index in [-0.39, 0.29) is 23.9 Å². The zero-order chi connectivity index (χ0) is 26.5. The third-order valence-electron chi connectivity index (χ3n) is 5.34. The van der Waals surface area contributed by atoms with E-state index < -0.39 is 5.97 Å². The number of aliphatic imine (C=N–C) groups is 1. The van der Waals surface area contributed by atoms with Crippen LogP contribution in [0, 0.1) is 5.82 Å². The van der Waals surface area contributed by atoms with Crippen LogP contribution in [-0.4, -0.2) is 40.7 Å². The van der Waals surface area contributed by atoms with E-state index in [0.29, 0.717) is 49.4 Å². The zero-order valence-corrected chi connectivity index (χ0v) is 22.3. The van der Waals surface area contributed by atoms with E-state index in [1.807, 2.05) is 6.92 Å². The second-order valence-corrected chi connectivity index (χ2v) is 9.73. The summed E-state index contributed by atoms with van der Waals surface area (Å²) < 4.78 is 25.5. The van der Waals surface area contributed by atoms with Crippen LogP contribution in [0.3, 0.4) is 0 Å². The minimum absolute atomic E-state index is 0.117. The number of benzene rings is 3. The Morgan fingerprint density at radius 3 is 2.68 bits per heavy atom. The molecule has 37 heavy (non-hydrogen) atoms. The number of carboxylic acids is 1. The molecule has 1 aliphatic rings. The molecule has 190 valence electrons. The van der Waals surface area contributed by atoms with Crippen LogP contribution in [0.2, 0.25) is 0 Å². The average Bonchev–Trinajstić information content (AvgIpc) is 3.16. The lowest BCUT2D eigenvalue weighted by atomic mass is 10.1. The minimum Gasteiger partial charge on any atom is -0.493 e. The number of thioether (sulfide) groups is 1. The molecule has 1 saturated heterocycles. The number of carbonyl (C=O) groups excluding carboxylic acids is 1. The van der Waals surface area contributed by atoms with Crippen molar-refractivity contribution in [3.05, 3.63) is 92.5 Å². The number of carboxylic acid groups (broad SMARTS) is 1. The molecule has 0 bridgehead atoms. The number of aromatic carboxylic acids is 1. The summed E-state index contributed by atoms with van der Waals surface area (Å²) in [4.78, 5) is 30.9. The normalized spacial score (nSPS) is 15.5. The van der Waals surface area contributed by atoms with Crippen LogP contribution in [0.25, 0.3) is 6.08 Å². The molecule has 0 spiro atoms. The summed E-state index contributed by atoms with van der Waals surface area (Å²) >= 11 is 4.71. The largest absolute Gasteiger partial charge is 0.493 e. The van der Waals surface area contributed by atoms with Crippen LogP contribution in [-0.2, 0) is 11.4 Å². The second-order valence-electron chi connectivity index (χ2n) is 7.86. The van der Waals surface area contributed by atoms with E-state index in [4.69, 9.17) is 9.47 Å². The first kappa shape index (κ1) is 26.4. The smallest absolute Gasteiger partial charge is 0.335 e. The monoisotopic (exact) mass is 584 g/mol. The highest BCUT2D eigenvalue weighted by Crippen LogP contribution is 2.40. The van der Waals surface area contributed by atoms with Crippen LogP contribution in [0.5, 0.6) is 11.5 Å². The molecule has 1 heterocycles. The molecule has 0 aliphatic carbocycles. The van der Waals surface area contributed by atoms with Gasteiger partial charge in [-0.2, -0.15) is 0 Å². The summed E-state index contributed by atoms with van der Waals surface area (Å²) in [6.45, 7) is 2.39. The van der Waals surface area contributed by atoms with Gasteiger partial charge in [0, 0.05) is 6.54 Å². The first-order valence-corrected chi connectivity index (χ1v) is 12.8. The van der Waals surface area contributed by atoms with Crippen molar-refractivity contribution in [1.82, 2.24) is 4.90 Å². The van der Waals surface area contributed by atoms with Gasteiger partial charge in [0.15, 0.2) is 16.7 Å². The summed E-state index contributed by atoms with van der Waals surface area (Å²) in [7, 11) is 1.51. The lowest BCUT2D eigenvalue weighted by molar-refractivity contribution is -0.122. The molecule has 0 atom stereocenters. The molecule has 1 N–H and O–H groups in total. The van der Waals surface area contributed by atoms with Gasteiger partial charge in [0.25, 0.3) is 5.91 Å². The van der Waals surface area contributed by atoms with Crippen molar-refractivity contribution in [3.63, 3.8) is 0 Å². The van der Waals surface area contributed by atoms with Gasteiger partial charge >= 0.3 is 5.97 Å². The zero-order valence-electron chi connectivity index (χ0n) is 19.9. The predicted molar refractivity (Wildman–Crippen MR) is 145 cm³/mol. The van der Waals surface area contributed by atoms with E-state index in [1.165, 1.54) is 48.0 Å². The molecule has 0 unspecified atom stereocenters. The summed E-state index contributed by atoms with van der Waals surface area (Å²) in [6.07, 6.45) is 1.73. The average molecular weight is 585 g/mol. The van der Waals surface area contributed by atoms with Gasteiger partial charge in [-0.05, 0) is 94.3 Å². The number of hydrogen-bond acceptors (Lipinski definition) is 6. The van der Waals surface area contributed by atoms with E-state index in [1.54, 1.807) is 42.5 Å². The van der Waals surface area contributed by atoms with Gasteiger partial charge in [-0.3, -0.25) is 9.69 Å². The van der Waals surface area contributed by atoms with Crippen molar-refractivity contribution in [2.45, 2.75) is 13.5 Å². The summed E-state index contributed by atoms with van der Waals surface area (Å²) in [5.74, 6) is -0.698. The van der Waals surface area contributed by atoms with Gasteiger partial charge in [0.1, 0.15) is 12.4 Å². The maximum absolute atomic E-state index is 13.5. The van der Waals surface area contributed by atoms with Crippen LogP contribution in [0.4, 0.5) is 10.1 Å². The fraction of sp³-hybridized carbons (Fsp3) is 0.148. The van der Waals surface area contributed by atoms with Crippen molar-refractivity contribution < 1.29 is 28.6 Å². The number of likely N-dealkylation sites (N-methyl/N-ethyl adjacent to an activating group) is 1. The highest BCUT2D eigenvalue weighted by Gasteiger charge is 2.32. The summed E-state index contributed by atoms with van der Waals surface area (Å²) in [5.41, 5.74) is 1.93. The van der Waals surface area contributed by atoms with Crippen LogP contribution < -0.4 is 9.47 Å². The van der Waals surface area contributed by atoms with Gasteiger partial charge in [-0.1, -0.05) is 18.2 Å². The Labute approximate surface area is 225 Å². The highest BCUT2D eigenvalue weighted by atomic mass is 79.9. The maximum atomic E-state index is 13.5. The number of amides is 1. The van der Waals surface area contributed by atoms with Crippen LogP contribution >= 0.6 is 27.7 Å². The van der Waals surface area contributed by atoms with E-state index in [0.717, 1.165) is 0 Å². The molecule has 10 heteroatoms. The molecule has 7 nitrogen and oxygen atoms in total. The van der Waals surface area contributed by atoms with Gasteiger partial charge < -0.3 is 14.6 Å². The van der Waals surface area contributed by atoms with Crippen molar-refractivity contribution in [3.8, 4) is 11.5 Å². The van der Waals surface area contributed by atoms with E-state index in [9.17, 15) is 19.1 Å². The fourth-order valence-electron chi connectivity index (χ4n) is 3.59. The molecular formula is C27H22BrFN2O5S. The number of halogens is 2. The van der Waals surface area contributed by atoms with E-state index >= 15 is 0 Å². The van der Waals surface area contributed by atoms with Gasteiger partial charge in [-0.15, -0.1) is 0 Å². The van der Waals surface area contributed by atoms with Gasteiger partial charge in [0.2, 0.25) is 0 Å². The number of amidine groups is 1.